The average Bonchev–Trinajstić information content (AvgIpc) is 3.18. The fourth-order valence-electron chi connectivity index (χ4n) is 7.13. The fraction of sp³-hybridized carbons (Fsp3) is 0.922. The molecule has 0 atom stereocenters. The number of carboxylic acid groups (broad SMARTS) is 2. The number of esters is 1. The summed E-state index contributed by atoms with van der Waals surface area (Å²) in [6, 6.07) is 0. The van der Waals surface area contributed by atoms with Crippen LogP contribution in [-0.4, -0.2) is 63.1 Å². The first-order chi connectivity index (χ1) is 28.2. The van der Waals surface area contributed by atoms with Crippen LogP contribution in [0.5, 0.6) is 0 Å². The van der Waals surface area contributed by atoms with Crippen molar-refractivity contribution < 1.29 is 46.3 Å². The van der Waals surface area contributed by atoms with Crippen LogP contribution < -0.4 is 17.0 Å². The van der Waals surface area contributed by atoms with Gasteiger partial charge in [-0.3, -0.25) is 14.4 Å². The van der Waals surface area contributed by atoms with Gasteiger partial charge in [0, 0.05) is 24.6 Å². The Morgan fingerprint density at radius 3 is 1.08 bits per heavy atom. The average molecular weight is 993 g/mol. The van der Waals surface area contributed by atoms with Crippen LogP contribution in [0.25, 0.3) is 0 Å². The summed E-state index contributed by atoms with van der Waals surface area (Å²) in [5, 5.41) is 18.2. The first-order valence-electron chi connectivity index (χ1n) is 25.1. The normalized spacial score (nSPS) is 13.7. The molecule has 2 N–H and O–H groups in total. The second kappa shape index (κ2) is 63.4. The smallest absolute Gasteiger partial charge is 1.00 e. The van der Waals surface area contributed by atoms with E-state index in [1.54, 1.807) is 0 Å². The Morgan fingerprint density at radius 1 is 0.517 bits per heavy atom. The number of carboxylic acids is 2. The summed E-state index contributed by atoms with van der Waals surface area (Å²) in [5.41, 5.74) is 0. The maximum atomic E-state index is 11.4. The summed E-state index contributed by atoms with van der Waals surface area (Å²) in [4.78, 5) is 32.0. The Kier molecular flexibility index (Phi) is 73.1. The van der Waals surface area contributed by atoms with Crippen LogP contribution in [0.4, 0.5) is 0 Å². The van der Waals surface area contributed by atoms with E-state index in [9.17, 15) is 14.4 Å². The molecule has 1 saturated heterocycles. The van der Waals surface area contributed by atoms with Crippen molar-refractivity contribution in [2.24, 2.45) is 5.92 Å². The van der Waals surface area contributed by atoms with Gasteiger partial charge in [-0.05, 0) is 38.0 Å². The second-order valence-corrected chi connectivity index (χ2v) is 18.2. The van der Waals surface area contributed by atoms with Crippen molar-refractivity contribution in [1.29, 1.82) is 0 Å². The summed E-state index contributed by atoms with van der Waals surface area (Å²) < 4.78 is 5.20. The van der Waals surface area contributed by atoms with Crippen LogP contribution in [0.1, 0.15) is 285 Å². The number of hydrogen-bond acceptors (Lipinski definition) is 4. The maximum absolute atomic E-state index is 11.4. The monoisotopic (exact) mass is 991 g/mol. The fourth-order valence-corrected chi connectivity index (χ4v) is 7.53. The molecule has 0 unspecified atom stereocenters. The van der Waals surface area contributed by atoms with E-state index < -0.39 is 11.9 Å². The van der Waals surface area contributed by atoms with Crippen molar-refractivity contribution in [2.75, 3.05) is 11.9 Å². The predicted molar refractivity (Wildman–Crippen MR) is 261 cm³/mol. The molecule has 60 heavy (non-hydrogen) atoms. The van der Waals surface area contributed by atoms with E-state index in [0.29, 0.717) is 25.9 Å². The topological polar surface area (TPSA) is 101 Å². The maximum Gasteiger partial charge on any atom is 2.00 e. The van der Waals surface area contributed by atoms with Gasteiger partial charge in [0.25, 0.3) is 0 Å². The van der Waals surface area contributed by atoms with E-state index in [2.05, 4.69) is 29.8 Å². The number of ether oxygens (including phenoxy) is 1. The largest absolute Gasteiger partial charge is 2.00 e. The molecule has 1 heterocycles. The summed E-state index contributed by atoms with van der Waals surface area (Å²) in [6.45, 7) is 9.25. The number of halogens is 2. The molecule has 0 aromatic rings. The third kappa shape index (κ3) is 75.5. The van der Waals surface area contributed by atoms with E-state index in [-0.39, 0.29) is 46.0 Å². The number of cyclic esters (lactones) is 1. The zero-order valence-electron chi connectivity index (χ0n) is 40.3. The molecule has 1 aliphatic rings. The minimum Gasteiger partial charge on any atom is -1.00 e. The van der Waals surface area contributed by atoms with Gasteiger partial charge in [0.15, 0.2) is 0 Å². The molecule has 0 saturated carbocycles. The van der Waals surface area contributed by atoms with Crippen LogP contribution in [0.15, 0.2) is 0 Å². The first-order valence-corrected chi connectivity index (χ1v) is 26.2. The Bertz CT molecular complexity index is 799. The third-order valence-corrected chi connectivity index (χ3v) is 11.3. The molecule has 1 rings (SSSR count). The molecule has 0 aromatic heterocycles. The van der Waals surface area contributed by atoms with Crippen molar-refractivity contribution >= 4 is 56.9 Å². The quantitative estimate of drug-likeness (QED) is 0.0255. The SMILES string of the molecule is CC(C)CCCCCCCCCCCCCCC(=O)O.C[CH-]C.O=C(O)CCCCCCCCCCCCCCBr.O=C1CCCCCCCCCCCCCCO1.[Br-].[Mg+2]. The first kappa shape index (κ1) is 69.2. The van der Waals surface area contributed by atoms with E-state index >= 15 is 0 Å². The van der Waals surface area contributed by atoms with Crippen LogP contribution in [-0.2, 0) is 19.1 Å². The Hall–Kier alpha value is 0.136. The van der Waals surface area contributed by atoms with Crippen LogP contribution in [0.2, 0.25) is 0 Å². The molecule has 0 aliphatic carbocycles. The molecule has 9 heteroatoms. The van der Waals surface area contributed by atoms with E-state index in [1.807, 2.05) is 20.3 Å². The van der Waals surface area contributed by atoms with Crippen LogP contribution >= 0.6 is 15.9 Å². The molecule has 356 valence electrons. The molecule has 6 nitrogen and oxygen atoms in total. The van der Waals surface area contributed by atoms with Crippen molar-refractivity contribution in [2.45, 2.75) is 285 Å². The van der Waals surface area contributed by atoms with Gasteiger partial charge in [-0.15, -0.1) is 0 Å². The zero-order chi connectivity index (χ0) is 43.4. The standard InChI is InChI=1S/C18H36O2.C15H29BrO2.C15H28O2.C3H7.BrH.Mg/c1-17(2)15-13-11-9-7-5-3-4-6-8-10-12-14-16-18(19)20;16-14-12-10-8-6-4-2-1-3-5-7-9-11-13-15(17)18;16-15-13-11-9-7-5-3-1-2-4-6-8-10-12-14-17-15;1-3-2;;/h17H,3-16H2,1-2H3,(H,19,20);1-14H2,(H,17,18);1-14H2;3H,1-2H3;1H;/q;;;-1;;+2/p-1. The minimum atomic E-state index is -0.657. The molecule has 0 bridgehead atoms. The number of alkyl halides is 1. The van der Waals surface area contributed by atoms with Gasteiger partial charge in [-0.25, -0.2) is 0 Å². The Morgan fingerprint density at radius 2 is 0.783 bits per heavy atom. The summed E-state index contributed by atoms with van der Waals surface area (Å²) >= 11 is 3.45. The van der Waals surface area contributed by atoms with E-state index in [1.165, 1.54) is 199 Å². The molecule has 1 fully saturated rings. The van der Waals surface area contributed by atoms with Crippen LogP contribution in [0.3, 0.4) is 0 Å². The molecule has 1 aliphatic heterocycles. The van der Waals surface area contributed by atoms with Crippen LogP contribution in [0, 0.1) is 12.3 Å². The third-order valence-electron chi connectivity index (χ3n) is 10.7. The molecule has 0 amide bonds. The van der Waals surface area contributed by atoms with E-state index in [4.69, 9.17) is 14.9 Å². The summed E-state index contributed by atoms with van der Waals surface area (Å²) in [7, 11) is 0. The second-order valence-electron chi connectivity index (χ2n) is 17.4. The van der Waals surface area contributed by atoms with E-state index in [0.717, 1.165) is 49.8 Å². The van der Waals surface area contributed by atoms with Gasteiger partial charge in [-0.2, -0.15) is 13.8 Å². The Balaban J connectivity index is -0.000000240. The van der Waals surface area contributed by atoms with Gasteiger partial charge in [0.05, 0.1) is 6.61 Å². The number of unbranched alkanes of at least 4 members (excludes halogenated alkanes) is 22. The number of hydrogen-bond donors (Lipinski definition) is 2. The van der Waals surface area contributed by atoms with Gasteiger partial charge < -0.3 is 38.4 Å². The molecule has 0 spiro atoms. The van der Waals surface area contributed by atoms with Gasteiger partial charge in [0.2, 0.25) is 0 Å². The summed E-state index contributed by atoms with van der Waals surface area (Å²) in [6.07, 6.45) is 51.0. The van der Waals surface area contributed by atoms with Crippen molar-refractivity contribution in [3.63, 3.8) is 0 Å². The predicted octanol–water partition coefficient (Wildman–Crippen LogP) is 14.2. The molecular formula is C51H100Br2MgO6. The number of aliphatic carboxylic acids is 2. The van der Waals surface area contributed by atoms with Gasteiger partial charge in [-0.1, -0.05) is 235 Å². The molecular weight excluding hydrogens is 893 g/mol. The van der Waals surface area contributed by atoms with Gasteiger partial charge >= 0.3 is 41.0 Å². The van der Waals surface area contributed by atoms with Gasteiger partial charge in [0.1, 0.15) is 0 Å². The number of rotatable bonds is 29. The zero-order valence-corrected chi connectivity index (χ0v) is 44.9. The number of carbonyl (C=O) groups is 3. The Labute approximate surface area is 409 Å². The number of carbonyl (C=O) groups excluding carboxylic acids is 1. The van der Waals surface area contributed by atoms with Crippen molar-refractivity contribution in [3.05, 3.63) is 6.42 Å². The van der Waals surface area contributed by atoms with Crippen molar-refractivity contribution in [3.8, 4) is 0 Å². The minimum absolute atomic E-state index is 0. The van der Waals surface area contributed by atoms with Crippen molar-refractivity contribution in [1.82, 2.24) is 0 Å². The molecule has 0 aromatic carbocycles. The molecule has 0 radical (unpaired) electrons. The summed E-state index contributed by atoms with van der Waals surface area (Å²) in [5.74, 6) is -0.434.